The van der Waals surface area contributed by atoms with E-state index in [1.807, 2.05) is 31.2 Å². The van der Waals surface area contributed by atoms with Crippen LogP contribution in [-0.2, 0) is 5.41 Å². The second-order valence-corrected chi connectivity index (χ2v) is 5.80. The number of nitrogens with zero attached hydrogens (tertiary/aromatic N) is 2. The fraction of sp³-hybridized carbons (Fsp3) is 0.235. The first-order valence-corrected chi connectivity index (χ1v) is 7.16. The summed E-state index contributed by atoms with van der Waals surface area (Å²) in [5.74, 6) is -0.151. The Labute approximate surface area is 126 Å². The number of aromatic carboxylic acids is 1. The van der Waals surface area contributed by atoms with E-state index in [-0.39, 0.29) is 11.0 Å². The van der Waals surface area contributed by atoms with E-state index in [1.165, 1.54) is 12.3 Å². The van der Waals surface area contributed by atoms with Crippen LogP contribution < -0.4 is 0 Å². The molecule has 22 heavy (non-hydrogen) atoms. The number of fused-ring (bicyclic) bond motifs is 1. The third-order valence-corrected chi connectivity index (χ3v) is 4.39. The molecule has 4 rings (SSSR count). The number of hydrogen-bond acceptors (Lipinski definition) is 4. The van der Waals surface area contributed by atoms with Crippen molar-refractivity contribution in [3.8, 4) is 0 Å². The van der Waals surface area contributed by atoms with Gasteiger partial charge < -0.3 is 9.63 Å². The third kappa shape index (κ3) is 1.82. The van der Waals surface area contributed by atoms with E-state index in [0.29, 0.717) is 10.9 Å². The first-order valence-electron chi connectivity index (χ1n) is 7.16. The first kappa shape index (κ1) is 13.0. The molecule has 1 aliphatic carbocycles. The number of pyridine rings is 1. The van der Waals surface area contributed by atoms with Crippen LogP contribution in [0.4, 0.5) is 0 Å². The van der Waals surface area contributed by atoms with Crippen LogP contribution in [-0.4, -0.2) is 21.2 Å². The zero-order chi connectivity index (χ0) is 15.3. The van der Waals surface area contributed by atoms with E-state index in [0.717, 1.165) is 29.9 Å². The summed E-state index contributed by atoms with van der Waals surface area (Å²) in [7, 11) is 0. The van der Waals surface area contributed by atoms with Gasteiger partial charge in [0.15, 0.2) is 0 Å². The molecule has 110 valence electrons. The zero-order valence-electron chi connectivity index (χ0n) is 12.0. The van der Waals surface area contributed by atoms with Gasteiger partial charge >= 0.3 is 5.97 Å². The maximum Gasteiger partial charge on any atom is 0.336 e. The maximum atomic E-state index is 11.4. The summed E-state index contributed by atoms with van der Waals surface area (Å²) in [6.07, 6.45) is 3.51. The number of benzene rings is 1. The van der Waals surface area contributed by atoms with Gasteiger partial charge in [-0.3, -0.25) is 4.98 Å². The molecule has 1 aromatic carbocycles. The Morgan fingerprint density at radius 2 is 2.09 bits per heavy atom. The Balaban J connectivity index is 1.90. The maximum absolute atomic E-state index is 11.4. The smallest absolute Gasteiger partial charge is 0.336 e. The highest BCUT2D eigenvalue weighted by molar-refractivity contribution is 6.02. The van der Waals surface area contributed by atoms with E-state index in [9.17, 15) is 9.90 Å². The molecular weight excluding hydrogens is 280 g/mol. The average molecular weight is 294 g/mol. The fourth-order valence-corrected chi connectivity index (χ4v) is 3.04. The molecule has 2 heterocycles. The topological polar surface area (TPSA) is 76.2 Å². The van der Waals surface area contributed by atoms with Crippen LogP contribution >= 0.6 is 0 Å². The minimum atomic E-state index is -0.938. The average Bonchev–Trinajstić information content (AvgIpc) is 3.22. The molecule has 0 bridgehead atoms. The van der Waals surface area contributed by atoms with E-state index in [4.69, 9.17) is 4.52 Å². The second kappa shape index (κ2) is 4.40. The first-order chi connectivity index (χ1) is 10.6. The predicted octanol–water partition coefficient (Wildman–Crippen LogP) is 3.31. The highest BCUT2D eigenvalue weighted by atomic mass is 16.5. The Bertz CT molecular complexity index is 894. The predicted molar refractivity (Wildman–Crippen MR) is 80.0 cm³/mol. The molecule has 1 N–H and O–H groups in total. The fourth-order valence-electron chi connectivity index (χ4n) is 3.04. The normalized spacial score (nSPS) is 15.9. The van der Waals surface area contributed by atoms with Crippen molar-refractivity contribution >= 4 is 16.9 Å². The van der Waals surface area contributed by atoms with E-state index in [2.05, 4.69) is 10.1 Å². The Hall–Kier alpha value is -2.69. The van der Waals surface area contributed by atoms with Crippen LogP contribution in [0.15, 0.2) is 41.1 Å². The van der Waals surface area contributed by atoms with E-state index in [1.54, 1.807) is 0 Å². The van der Waals surface area contributed by atoms with Crippen molar-refractivity contribution in [2.45, 2.75) is 25.2 Å². The number of rotatable bonds is 3. The summed E-state index contributed by atoms with van der Waals surface area (Å²) >= 11 is 0. The summed E-state index contributed by atoms with van der Waals surface area (Å²) in [6, 6.07) is 9.32. The number of hydrogen-bond donors (Lipinski definition) is 1. The standard InChI is InChI=1S/C17H14N2O3/c1-10-8-15(19-22-10)17(5-6-17)11-2-3-14-13(9-11)12(16(20)21)4-7-18-14/h2-4,7-9H,5-6H2,1H3,(H,20,21). The van der Waals surface area contributed by atoms with Gasteiger partial charge in [-0.05, 0) is 43.5 Å². The van der Waals surface area contributed by atoms with Crippen molar-refractivity contribution in [1.82, 2.24) is 10.1 Å². The van der Waals surface area contributed by atoms with Gasteiger partial charge in [0.25, 0.3) is 0 Å². The van der Waals surface area contributed by atoms with Crippen molar-refractivity contribution in [3.63, 3.8) is 0 Å². The summed E-state index contributed by atoms with van der Waals surface area (Å²) in [5.41, 5.74) is 2.82. The Kier molecular flexibility index (Phi) is 2.60. The number of aryl methyl sites for hydroxylation is 1. The molecule has 5 nitrogen and oxygen atoms in total. The van der Waals surface area contributed by atoms with Gasteiger partial charge in [-0.15, -0.1) is 0 Å². The van der Waals surface area contributed by atoms with Crippen LogP contribution in [0.5, 0.6) is 0 Å². The number of carbonyl (C=O) groups is 1. The van der Waals surface area contributed by atoms with Crippen LogP contribution in [0.3, 0.4) is 0 Å². The molecule has 0 spiro atoms. The number of carboxylic acid groups (broad SMARTS) is 1. The van der Waals surface area contributed by atoms with Crippen molar-refractivity contribution in [1.29, 1.82) is 0 Å². The van der Waals surface area contributed by atoms with Crippen LogP contribution in [0.1, 0.15) is 40.2 Å². The Morgan fingerprint density at radius 1 is 1.27 bits per heavy atom. The Morgan fingerprint density at radius 3 is 2.73 bits per heavy atom. The molecule has 0 radical (unpaired) electrons. The number of carboxylic acids is 1. The van der Waals surface area contributed by atoms with Gasteiger partial charge in [-0.1, -0.05) is 11.2 Å². The van der Waals surface area contributed by atoms with E-state index < -0.39 is 5.97 Å². The highest BCUT2D eigenvalue weighted by Crippen LogP contribution is 2.53. The minimum absolute atomic E-state index is 0.141. The summed E-state index contributed by atoms with van der Waals surface area (Å²) < 4.78 is 5.21. The third-order valence-electron chi connectivity index (χ3n) is 4.39. The molecule has 1 fully saturated rings. The van der Waals surface area contributed by atoms with Crippen LogP contribution in [0.2, 0.25) is 0 Å². The molecule has 5 heteroatoms. The lowest BCUT2D eigenvalue weighted by Crippen LogP contribution is -2.09. The van der Waals surface area contributed by atoms with Gasteiger partial charge in [0, 0.05) is 23.1 Å². The van der Waals surface area contributed by atoms with Gasteiger partial charge in [-0.2, -0.15) is 0 Å². The zero-order valence-corrected chi connectivity index (χ0v) is 12.0. The van der Waals surface area contributed by atoms with Gasteiger partial charge in [-0.25, -0.2) is 4.79 Å². The minimum Gasteiger partial charge on any atom is -0.478 e. The van der Waals surface area contributed by atoms with Crippen molar-refractivity contribution < 1.29 is 14.4 Å². The lowest BCUT2D eigenvalue weighted by Gasteiger charge is -2.13. The molecule has 1 aliphatic rings. The van der Waals surface area contributed by atoms with Gasteiger partial charge in [0.2, 0.25) is 0 Å². The van der Waals surface area contributed by atoms with Crippen molar-refractivity contribution in [2.75, 3.05) is 0 Å². The number of aromatic nitrogens is 2. The lowest BCUT2D eigenvalue weighted by molar-refractivity contribution is 0.0699. The monoisotopic (exact) mass is 294 g/mol. The molecule has 0 saturated heterocycles. The quantitative estimate of drug-likeness (QED) is 0.802. The SMILES string of the molecule is Cc1cc(C2(c3ccc4nccc(C(=O)O)c4c3)CC2)no1. The summed E-state index contributed by atoms with van der Waals surface area (Å²) in [6.45, 7) is 1.87. The molecule has 0 unspecified atom stereocenters. The van der Waals surface area contributed by atoms with Crippen molar-refractivity contribution in [2.24, 2.45) is 0 Å². The summed E-state index contributed by atoms with van der Waals surface area (Å²) in [5, 5.41) is 14.2. The molecule has 0 amide bonds. The van der Waals surface area contributed by atoms with Crippen molar-refractivity contribution in [3.05, 3.63) is 59.1 Å². The van der Waals surface area contributed by atoms with Gasteiger partial charge in [0.05, 0.1) is 16.8 Å². The largest absolute Gasteiger partial charge is 0.478 e. The lowest BCUT2D eigenvalue weighted by atomic mass is 9.90. The highest BCUT2D eigenvalue weighted by Gasteiger charge is 2.48. The molecule has 1 saturated carbocycles. The van der Waals surface area contributed by atoms with Crippen LogP contribution in [0.25, 0.3) is 10.9 Å². The molecule has 0 aliphatic heterocycles. The summed E-state index contributed by atoms with van der Waals surface area (Å²) in [4.78, 5) is 15.7. The molecule has 3 aromatic rings. The molecule has 0 atom stereocenters. The molecular formula is C17H14N2O3. The van der Waals surface area contributed by atoms with E-state index >= 15 is 0 Å². The van der Waals surface area contributed by atoms with Crippen LogP contribution in [0, 0.1) is 6.92 Å². The van der Waals surface area contributed by atoms with Gasteiger partial charge in [0.1, 0.15) is 5.76 Å². The molecule has 2 aromatic heterocycles. The second-order valence-electron chi connectivity index (χ2n) is 5.80.